The molecule has 1 fully saturated rings. The van der Waals surface area contributed by atoms with Crippen molar-refractivity contribution in [3.63, 3.8) is 0 Å². The zero-order valence-corrected chi connectivity index (χ0v) is 23.5. The molecule has 3 aromatic heterocycles. The van der Waals surface area contributed by atoms with E-state index in [0.717, 1.165) is 24.8 Å². The van der Waals surface area contributed by atoms with Crippen LogP contribution < -0.4 is 0 Å². The SMILES string of the molecule is CCC1CCN(C(=O)N2CCn3cc(C4=C(c5cnc6ccccn56)C(=O)CC4)c4cc(C(F)(F)F)cc(c43)C2)CC1. The standard InChI is InChI=1S/C32H32F3N5O2/c1-2-20-8-11-37(12-9-20)31(42)39-14-13-38-19-25(24-16-22(32(33,34)35)15-21(18-39)30(24)38)23-6-7-27(41)29(23)26-17-36-28-5-3-4-10-40(26)28/h3-5,10,15-17,19-20H,2,6-9,11-14,18H2,1H3. The maximum absolute atomic E-state index is 14.2. The zero-order valence-electron chi connectivity index (χ0n) is 23.5. The minimum atomic E-state index is -4.56. The van der Waals surface area contributed by atoms with Crippen molar-refractivity contribution in [2.75, 3.05) is 19.6 Å². The van der Waals surface area contributed by atoms with Crippen LogP contribution in [0.3, 0.4) is 0 Å². The molecule has 0 atom stereocenters. The fraction of sp³-hybridized carbons (Fsp3) is 0.406. The first-order chi connectivity index (χ1) is 20.2. The van der Waals surface area contributed by atoms with E-state index in [0.29, 0.717) is 83.9 Å². The van der Waals surface area contributed by atoms with Crippen molar-refractivity contribution in [2.45, 2.75) is 58.3 Å². The molecule has 2 aliphatic heterocycles. The summed E-state index contributed by atoms with van der Waals surface area (Å²) in [5.74, 6) is 0.571. The third-order valence-corrected chi connectivity index (χ3v) is 9.26. The number of Topliss-reactive ketones (excluding diaryl/α,β-unsaturated/α-hetero) is 1. The number of hydrogen-bond donors (Lipinski definition) is 0. The summed E-state index contributed by atoms with van der Waals surface area (Å²) in [5, 5.41) is 0.467. The second kappa shape index (κ2) is 10.0. The average molecular weight is 576 g/mol. The topological polar surface area (TPSA) is 62.9 Å². The van der Waals surface area contributed by atoms with Crippen molar-refractivity contribution in [1.29, 1.82) is 0 Å². The number of halogens is 3. The van der Waals surface area contributed by atoms with Crippen LogP contribution in [0, 0.1) is 5.92 Å². The lowest BCUT2D eigenvalue weighted by Crippen LogP contribution is -2.46. The van der Waals surface area contributed by atoms with Crippen LogP contribution in [0.2, 0.25) is 0 Å². The van der Waals surface area contributed by atoms with E-state index in [2.05, 4.69) is 11.9 Å². The van der Waals surface area contributed by atoms with E-state index in [1.54, 1.807) is 11.1 Å². The second-order valence-electron chi connectivity index (χ2n) is 11.7. The van der Waals surface area contributed by atoms with Gasteiger partial charge < -0.3 is 14.4 Å². The molecule has 5 heterocycles. The monoisotopic (exact) mass is 575 g/mol. The summed E-state index contributed by atoms with van der Waals surface area (Å²) >= 11 is 0. The summed E-state index contributed by atoms with van der Waals surface area (Å²) in [5.41, 5.74) is 3.66. The first-order valence-electron chi connectivity index (χ1n) is 14.7. The van der Waals surface area contributed by atoms with Gasteiger partial charge in [-0.2, -0.15) is 13.2 Å². The average Bonchev–Trinajstić information content (AvgIpc) is 3.65. The number of alkyl halides is 3. The first-order valence-corrected chi connectivity index (χ1v) is 14.7. The predicted molar refractivity (Wildman–Crippen MR) is 154 cm³/mol. The van der Waals surface area contributed by atoms with Gasteiger partial charge in [0, 0.05) is 68.1 Å². The molecule has 42 heavy (non-hydrogen) atoms. The number of pyridine rings is 1. The molecule has 1 aromatic carbocycles. The van der Waals surface area contributed by atoms with Gasteiger partial charge in [0.05, 0.1) is 23.0 Å². The lowest BCUT2D eigenvalue weighted by Gasteiger charge is -2.35. The van der Waals surface area contributed by atoms with Gasteiger partial charge in [0.25, 0.3) is 0 Å². The number of carbonyl (C=O) groups excluding carboxylic acids is 2. The van der Waals surface area contributed by atoms with Gasteiger partial charge in [-0.15, -0.1) is 0 Å². The van der Waals surface area contributed by atoms with Gasteiger partial charge in [0.15, 0.2) is 5.78 Å². The molecule has 1 saturated heterocycles. The number of fused-ring (bicyclic) bond motifs is 1. The molecule has 0 radical (unpaired) electrons. The van der Waals surface area contributed by atoms with E-state index in [9.17, 15) is 22.8 Å². The minimum Gasteiger partial charge on any atom is -0.345 e. The largest absolute Gasteiger partial charge is 0.416 e. The second-order valence-corrected chi connectivity index (χ2v) is 11.7. The third kappa shape index (κ3) is 4.39. The molecule has 7 nitrogen and oxygen atoms in total. The Bertz CT molecular complexity index is 1760. The Kier molecular flexibility index (Phi) is 6.40. The van der Waals surface area contributed by atoms with Gasteiger partial charge in [-0.05, 0) is 60.6 Å². The van der Waals surface area contributed by atoms with Crippen molar-refractivity contribution < 1.29 is 22.8 Å². The van der Waals surface area contributed by atoms with E-state index >= 15 is 0 Å². The van der Waals surface area contributed by atoms with E-state index in [4.69, 9.17) is 0 Å². The number of ketones is 1. The Hall–Kier alpha value is -4.08. The Morgan fingerprint density at radius 3 is 2.62 bits per heavy atom. The molecule has 0 spiro atoms. The minimum absolute atomic E-state index is 0.0422. The number of imidazole rings is 1. The number of allylic oxidation sites excluding steroid dienone is 2. The zero-order chi connectivity index (χ0) is 29.2. The number of benzene rings is 1. The number of nitrogens with zero attached hydrogens (tertiary/aromatic N) is 5. The van der Waals surface area contributed by atoms with Crippen LogP contribution in [-0.2, 0) is 24.1 Å². The van der Waals surface area contributed by atoms with Gasteiger partial charge in [-0.25, -0.2) is 9.78 Å². The molecule has 3 aliphatic rings. The van der Waals surface area contributed by atoms with Crippen molar-refractivity contribution in [3.05, 3.63) is 71.3 Å². The lowest BCUT2D eigenvalue weighted by atomic mass is 9.94. The van der Waals surface area contributed by atoms with Gasteiger partial charge in [0.1, 0.15) is 5.65 Å². The summed E-state index contributed by atoms with van der Waals surface area (Å²) in [4.78, 5) is 34.8. The molecule has 1 aliphatic carbocycles. The molecule has 10 heteroatoms. The Morgan fingerprint density at radius 1 is 1.05 bits per heavy atom. The molecular weight excluding hydrogens is 543 g/mol. The van der Waals surface area contributed by atoms with Gasteiger partial charge in [-0.1, -0.05) is 19.4 Å². The number of carbonyl (C=O) groups is 2. The Labute approximate surface area is 241 Å². The number of rotatable bonds is 3. The number of urea groups is 1. The smallest absolute Gasteiger partial charge is 0.345 e. The highest BCUT2D eigenvalue weighted by molar-refractivity contribution is 6.31. The molecular formula is C32H32F3N5O2. The summed E-state index contributed by atoms with van der Waals surface area (Å²) in [7, 11) is 0. The van der Waals surface area contributed by atoms with Crippen molar-refractivity contribution >= 4 is 39.5 Å². The molecule has 4 aromatic rings. The van der Waals surface area contributed by atoms with E-state index in [1.165, 1.54) is 12.1 Å². The lowest BCUT2D eigenvalue weighted by molar-refractivity contribution is -0.137. The number of hydrogen-bond acceptors (Lipinski definition) is 3. The molecule has 2 amide bonds. The van der Waals surface area contributed by atoms with Crippen LogP contribution in [0.15, 0.2) is 48.9 Å². The van der Waals surface area contributed by atoms with Crippen LogP contribution in [0.4, 0.5) is 18.0 Å². The van der Waals surface area contributed by atoms with Gasteiger partial charge >= 0.3 is 12.2 Å². The summed E-state index contributed by atoms with van der Waals surface area (Å²) in [6.45, 7) is 4.47. The molecule has 0 bridgehead atoms. The van der Waals surface area contributed by atoms with E-state index in [1.807, 2.05) is 44.5 Å². The van der Waals surface area contributed by atoms with Crippen LogP contribution in [0.5, 0.6) is 0 Å². The van der Waals surface area contributed by atoms with Crippen molar-refractivity contribution in [1.82, 2.24) is 23.8 Å². The quantitative estimate of drug-likeness (QED) is 0.275. The van der Waals surface area contributed by atoms with Gasteiger partial charge in [0.2, 0.25) is 0 Å². The van der Waals surface area contributed by atoms with Crippen LogP contribution in [-0.4, -0.2) is 55.2 Å². The van der Waals surface area contributed by atoms with Crippen LogP contribution >= 0.6 is 0 Å². The predicted octanol–water partition coefficient (Wildman–Crippen LogP) is 6.64. The highest BCUT2D eigenvalue weighted by atomic mass is 19.4. The molecule has 218 valence electrons. The van der Waals surface area contributed by atoms with Gasteiger partial charge in [-0.3, -0.25) is 9.20 Å². The highest BCUT2D eigenvalue weighted by Crippen LogP contribution is 2.44. The maximum atomic E-state index is 14.2. The van der Waals surface area contributed by atoms with E-state index < -0.39 is 11.7 Å². The molecule has 7 rings (SSSR count). The molecule has 0 N–H and O–H groups in total. The summed E-state index contributed by atoms with van der Waals surface area (Å²) in [6, 6.07) is 7.86. The van der Waals surface area contributed by atoms with Crippen molar-refractivity contribution in [2.24, 2.45) is 5.92 Å². The number of amides is 2. The third-order valence-electron chi connectivity index (χ3n) is 9.26. The molecule has 0 saturated carbocycles. The Balaban J connectivity index is 1.34. The summed E-state index contributed by atoms with van der Waals surface area (Å²) in [6.07, 6.45) is 4.56. The normalized spacial score (nSPS) is 18.5. The number of piperidine rings is 1. The fourth-order valence-electron chi connectivity index (χ4n) is 6.98. The van der Waals surface area contributed by atoms with Crippen LogP contribution in [0.1, 0.15) is 61.4 Å². The maximum Gasteiger partial charge on any atom is 0.416 e. The van der Waals surface area contributed by atoms with Crippen LogP contribution in [0.25, 0.3) is 27.7 Å². The summed E-state index contributed by atoms with van der Waals surface area (Å²) < 4.78 is 46.6. The first kappa shape index (κ1) is 26.8. The number of likely N-dealkylation sites (tertiary alicyclic amines) is 1. The highest BCUT2D eigenvalue weighted by Gasteiger charge is 2.36. The number of aromatic nitrogens is 3. The molecule has 0 unspecified atom stereocenters. The fourth-order valence-corrected chi connectivity index (χ4v) is 6.98. The van der Waals surface area contributed by atoms with Crippen molar-refractivity contribution in [3.8, 4) is 0 Å². The van der Waals surface area contributed by atoms with E-state index in [-0.39, 0.29) is 18.4 Å². The Morgan fingerprint density at radius 2 is 1.86 bits per heavy atom.